The van der Waals surface area contributed by atoms with E-state index >= 15 is 0 Å². The quantitative estimate of drug-likeness (QED) is 0.763. The zero-order valence-electron chi connectivity index (χ0n) is 8.94. The fourth-order valence-electron chi connectivity index (χ4n) is 4.35. The zero-order valence-corrected chi connectivity index (χ0v) is 8.94. The van der Waals surface area contributed by atoms with E-state index in [0.717, 1.165) is 35.0 Å². The molecule has 4 atom stereocenters. The lowest BCUT2D eigenvalue weighted by Gasteiger charge is -2.05. The first-order valence-corrected chi connectivity index (χ1v) is 5.99. The van der Waals surface area contributed by atoms with Crippen LogP contribution in [0, 0.1) is 30.6 Å². The summed E-state index contributed by atoms with van der Waals surface area (Å²) >= 11 is 0. The summed E-state index contributed by atoms with van der Waals surface area (Å²) in [6.45, 7) is 2.04. The van der Waals surface area contributed by atoms with Gasteiger partial charge in [-0.05, 0) is 49.9 Å². The van der Waals surface area contributed by atoms with E-state index in [1.807, 2.05) is 6.92 Å². The maximum atomic E-state index is 5.74. The summed E-state index contributed by atoms with van der Waals surface area (Å²) in [6, 6.07) is 0. The highest BCUT2D eigenvalue weighted by Crippen LogP contribution is 2.73. The van der Waals surface area contributed by atoms with Crippen LogP contribution in [0.4, 0.5) is 5.82 Å². The molecule has 3 saturated carbocycles. The summed E-state index contributed by atoms with van der Waals surface area (Å²) in [6.07, 6.45) is 4.38. The van der Waals surface area contributed by atoms with Crippen LogP contribution in [-0.4, -0.2) is 5.16 Å². The first-order chi connectivity index (χ1) is 7.27. The molecule has 15 heavy (non-hydrogen) atoms. The maximum Gasteiger partial charge on any atom is 0.170 e. The normalized spacial score (nSPS) is 45.8. The molecule has 0 spiro atoms. The van der Waals surface area contributed by atoms with Gasteiger partial charge in [0.25, 0.3) is 0 Å². The molecule has 2 N–H and O–H groups in total. The average Bonchev–Trinajstić information content (AvgIpc) is 2.60. The average molecular weight is 204 g/mol. The molecule has 3 heteroatoms. The van der Waals surface area contributed by atoms with Crippen molar-refractivity contribution in [1.29, 1.82) is 0 Å². The Morgan fingerprint density at radius 3 is 2.47 bits per heavy atom. The molecule has 3 fully saturated rings. The van der Waals surface area contributed by atoms with E-state index in [4.69, 9.17) is 10.3 Å². The Morgan fingerprint density at radius 2 is 1.93 bits per heavy atom. The van der Waals surface area contributed by atoms with Gasteiger partial charge in [-0.3, -0.25) is 0 Å². The third-order valence-electron chi connectivity index (χ3n) is 5.03. The molecule has 1 aromatic heterocycles. The van der Waals surface area contributed by atoms with Gasteiger partial charge in [-0.15, -0.1) is 0 Å². The fraction of sp³-hybridized carbons (Fsp3) is 0.750. The third-order valence-corrected chi connectivity index (χ3v) is 5.03. The van der Waals surface area contributed by atoms with Crippen LogP contribution in [0.15, 0.2) is 4.52 Å². The molecule has 0 radical (unpaired) electrons. The second kappa shape index (κ2) is 2.39. The maximum absolute atomic E-state index is 5.74. The van der Waals surface area contributed by atoms with Crippen molar-refractivity contribution < 1.29 is 4.52 Å². The number of anilines is 1. The molecule has 4 unspecified atom stereocenters. The van der Waals surface area contributed by atoms with Crippen molar-refractivity contribution in [3.05, 3.63) is 11.3 Å². The summed E-state index contributed by atoms with van der Waals surface area (Å²) < 4.78 is 5.40. The van der Waals surface area contributed by atoms with Crippen molar-refractivity contribution in [1.82, 2.24) is 5.16 Å². The summed E-state index contributed by atoms with van der Waals surface area (Å²) in [5, 5.41) is 3.88. The number of fused-ring (bicyclic) bond motifs is 5. The highest BCUT2D eigenvalue weighted by Gasteiger charge is 2.66. The number of nitrogens with two attached hydrogens (primary N) is 1. The zero-order chi connectivity index (χ0) is 10.2. The number of hydrogen-bond acceptors (Lipinski definition) is 3. The lowest BCUT2D eigenvalue weighted by atomic mass is 9.99. The molecule has 2 bridgehead atoms. The van der Waals surface area contributed by atoms with Gasteiger partial charge in [-0.2, -0.15) is 0 Å². The molecule has 0 saturated heterocycles. The highest BCUT2D eigenvalue weighted by atomic mass is 16.5. The Labute approximate surface area is 89.0 Å². The monoisotopic (exact) mass is 204 g/mol. The summed E-state index contributed by atoms with van der Waals surface area (Å²) in [7, 11) is 0. The van der Waals surface area contributed by atoms with Crippen LogP contribution >= 0.6 is 0 Å². The predicted octanol–water partition coefficient (Wildman–Crippen LogP) is 2.32. The van der Waals surface area contributed by atoms with E-state index in [1.165, 1.54) is 19.3 Å². The molecule has 0 aromatic carbocycles. The molecule has 4 rings (SSSR count). The van der Waals surface area contributed by atoms with Crippen LogP contribution < -0.4 is 5.73 Å². The second-order valence-corrected chi connectivity index (χ2v) is 5.57. The summed E-state index contributed by atoms with van der Waals surface area (Å²) in [5.41, 5.74) is 6.83. The molecule has 0 amide bonds. The summed E-state index contributed by atoms with van der Waals surface area (Å²) in [5.74, 6) is 6.14. The van der Waals surface area contributed by atoms with Gasteiger partial charge in [0.2, 0.25) is 0 Å². The number of nitrogen functional groups attached to an aromatic ring is 1. The molecule has 80 valence electrons. The van der Waals surface area contributed by atoms with Crippen molar-refractivity contribution in [2.45, 2.75) is 32.1 Å². The van der Waals surface area contributed by atoms with Crippen LogP contribution in [0.2, 0.25) is 0 Å². The molecule has 3 aliphatic carbocycles. The second-order valence-electron chi connectivity index (χ2n) is 5.57. The topological polar surface area (TPSA) is 52.0 Å². The largest absolute Gasteiger partial charge is 0.381 e. The van der Waals surface area contributed by atoms with Crippen molar-refractivity contribution >= 4 is 5.82 Å². The lowest BCUT2D eigenvalue weighted by Crippen LogP contribution is -1.97. The lowest BCUT2D eigenvalue weighted by molar-refractivity contribution is 0.363. The Kier molecular flexibility index (Phi) is 1.31. The van der Waals surface area contributed by atoms with Gasteiger partial charge in [-0.1, -0.05) is 5.16 Å². The minimum absolute atomic E-state index is 0.585. The third kappa shape index (κ3) is 0.853. The van der Waals surface area contributed by atoms with Gasteiger partial charge < -0.3 is 10.3 Å². The van der Waals surface area contributed by atoms with Gasteiger partial charge in [0, 0.05) is 11.5 Å². The standard InChI is InChI=1S/C12H16N2O/c1-5-11(15-14-12(5)13)10-8-6-2-3-7(4-6)9(8)10/h6-10H,2-4H2,1H3,(H2,13,14). The summed E-state index contributed by atoms with van der Waals surface area (Å²) in [4.78, 5) is 0. The van der Waals surface area contributed by atoms with Crippen LogP contribution in [-0.2, 0) is 0 Å². The first kappa shape index (κ1) is 8.20. The van der Waals surface area contributed by atoms with Crippen LogP contribution in [0.3, 0.4) is 0 Å². The molecule has 3 nitrogen and oxygen atoms in total. The van der Waals surface area contributed by atoms with Crippen molar-refractivity contribution in [2.24, 2.45) is 23.7 Å². The molecular weight excluding hydrogens is 188 g/mol. The number of nitrogens with zero attached hydrogens (tertiary/aromatic N) is 1. The van der Waals surface area contributed by atoms with Crippen molar-refractivity contribution in [2.75, 3.05) is 5.73 Å². The molecular formula is C12H16N2O. The van der Waals surface area contributed by atoms with E-state index in [2.05, 4.69) is 5.16 Å². The molecule has 1 heterocycles. The smallest absolute Gasteiger partial charge is 0.170 e. The van der Waals surface area contributed by atoms with Crippen LogP contribution in [0.25, 0.3) is 0 Å². The highest BCUT2D eigenvalue weighted by molar-refractivity contribution is 5.43. The van der Waals surface area contributed by atoms with E-state index in [0.29, 0.717) is 11.7 Å². The number of rotatable bonds is 1. The van der Waals surface area contributed by atoms with Gasteiger partial charge in [0.05, 0.1) is 0 Å². The van der Waals surface area contributed by atoms with Crippen molar-refractivity contribution in [3.8, 4) is 0 Å². The van der Waals surface area contributed by atoms with Crippen molar-refractivity contribution in [3.63, 3.8) is 0 Å². The Balaban J connectivity index is 1.70. The van der Waals surface area contributed by atoms with E-state index < -0.39 is 0 Å². The van der Waals surface area contributed by atoms with Crippen LogP contribution in [0.5, 0.6) is 0 Å². The fourth-order valence-corrected chi connectivity index (χ4v) is 4.35. The van der Waals surface area contributed by atoms with Gasteiger partial charge >= 0.3 is 0 Å². The minimum atomic E-state index is 0.585. The Bertz CT molecular complexity index is 409. The van der Waals surface area contributed by atoms with E-state index in [9.17, 15) is 0 Å². The molecule has 1 aromatic rings. The van der Waals surface area contributed by atoms with Gasteiger partial charge in [0.15, 0.2) is 5.82 Å². The SMILES string of the molecule is Cc1c(N)noc1C1C2C3CCC(C3)C12. The molecule has 0 aliphatic heterocycles. The Morgan fingerprint density at radius 1 is 1.27 bits per heavy atom. The van der Waals surface area contributed by atoms with Gasteiger partial charge in [-0.25, -0.2) is 0 Å². The van der Waals surface area contributed by atoms with Gasteiger partial charge in [0.1, 0.15) is 5.76 Å². The predicted molar refractivity (Wildman–Crippen MR) is 56.2 cm³/mol. The number of aromatic nitrogens is 1. The molecule has 3 aliphatic rings. The first-order valence-electron chi connectivity index (χ1n) is 5.99. The Hall–Kier alpha value is -0.990. The van der Waals surface area contributed by atoms with Crippen LogP contribution in [0.1, 0.15) is 36.5 Å². The number of hydrogen-bond donors (Lipinski definition) is 1. The minimum Gasteiger partial charge on any atom is -0.381 e. The van der Waals surface area contributed by atoms with E-state index in [1.54, 1.807) is 0 Å². The van der Waals surface area contributed by atoms with E-state index in [-0.39, 0.29) is 0 Å².